The topological polar surface area (TPSA) is 58.4 Å². The van der Waals surface area contributed by atoms with Gasteiger partial charge in [-0.25, -0.2) is 4.98 Å². The van der Waals surface area contributed by atoms with Gasteiger partial charge in [0.15, 0.2) is 5.89 Å². The lowest BCUT2D eigenvalue weighted by atomic mass is 9.89. The van der Waals surface area contributed by atoms with Gasteiger partial charge >= 0.3 is 0 Å². The molecule has 0 aliphatic carbocycles. The summed E-state index contributed by atoms with van der Waals surface area (Å²) in [6.45, 7) is 5.75. The number of oxazole rings is 1. The molecule has 1 amide bonds. The molecule has 0 bridgehead atoms. The monoisotopic (exact) mass is 389 g/mol. The molecule has 5 heteroatoms. The molecule has 0 spiro atoms. The Hall–Kier alpha value is -2.92. The van der Waals surface area contributed by atoms with E-state index in [9.17, 15) is 4.79 Å². The van der Waals surface area contributed by atoms with Gasteiger partial charge in [-0.3, -0.25) is 4.79 Å². The Balaban J connectivity index is 1.64. The Kier molecular flexibility index (Phi) is 5.76. The third-order valence-electron chi connectivity index (χ3n) is 5.53. The highest BCUT2D eigenvalue weighted by Gasteiger charge is 2.38. The lowest BCUT2D eigenvalue weighted by Crippen LogP contribution is -2.55. The van der Waals surface area contributed by atoms with E-state index in [2.05, 4.69) is 19.2 Å². The minimum atomic E-state index is -0.0151. The Morgan fingerprint density at radius 3 is 2.48 bits per heavy atom. The lowest BCUT2D eigenvalue weighted by molar-refractivity contribution is 0.0520. The number of nitrogens with zero attached hydrogens (tertiary/aromatic N) is 2. The van der Waals surface area contributed by atoms with Crippen LogP contribution in [0.4, 0.5) is 0 Å². The van der Waals surface area contributed by atoms with E-state index in [4.69, 9.17) is 9.40 Å². The molecule has 1 fully saturated rings. The third-order valence-corrected chi connectivity index (χ3v) is 5.53. The van der Waals surface area contributed by atoms with Crippen LogP contribution in [0.15, 0.2) is 71.3 Å². The minimum Gasteiger partial charge on any atom is -0.448 e. The third kappa shape index (κ3) is 4.10. The number of benzene rings is 2. The molecule has 1 N–H and O–H groups in total. The first kappa shape index (κ1) is 19.4. The summed E-state index contributed by atoms with van der Waals surface area (Å²) >= 11 is 0. The fourth-order valence-corrected chi connectivity index (χ4v) is 4.12. The van der Waals surface area contributed by atoms with E-state index in [1.807, 2.05) is 65.6 Å². The SMILES string of the molecule is CC(C)N(C(=O)c1ccccc1)C1CNCCC1c1nc(-c2ccccc2)co1. The van der Waals surface area contributed by atoms with Gasteiger partial charge in [-0.2, -0.15) is 0 Å². The van der Waals surface area contributed by atoms with Crippen molar-refractivity contribution in [3.8, 4) is 11.3 Å². The first-order chi connectivity index (χ1) is 14.1. The minimum absolute atomic E-state index is 0.0151. The predicted octanol–water partition coefficient (Wildman–Crippen LogP) is 4.34. The van der Waals surface area contributed by atoms with Crippen molar-refractivity contribution in [2.75, 3.05) is 13.1 Å². The van der Waals surface area contributed by atoms with Gasteiger partial charge in [0, 0.05) is 23.7 Å². The van der Waals surface area contributed by atoms with Crippen LogP contribution in [-0.2, 0) is 0 Å². The molecule has 1 aromatic heterocycles. The highest BCUT2D eigenvalue weighted by molar-refractivity contribution is 5.94. The summed E-state index contributed by atoms with van der Waals surface area (Å²) in [6, 6.07) is 19.6. The van der Waals surface area contributed by atoms with Crippen LogP contribution < -0.4 is 5.32 Å². The summed E-state index contributed by atoms with van der Waals surface area (Å²) < 4.78 is 5.93. The van der Waals surface area contributed by atoms with E-state index in [0.717, 1.165) is 30.8 Å². The number of amides is 1. The van der Waals surface area contributed by atoms with E-state index in [-0.39, 0.29) is 23.9 Å². The van der Waals surface area contributed by atoms with E-state index in [1.54, 1.807) is 6.26 Å². The van der Waals surface area contributed by atoms with E-state index < -0.39 is 0 Å². The molecule has 0 radical (unpaired) electrons. The van der Waals surface area contributed by atoms with Gasteiger partial charge < -0.3 is 14.6 Å². The first-order valence-corrected chi connectivity index (χ1v) is 10.2. The van der Waals surface area contributed by atoms with Crippen LogP contribution in [-0.4, -0.2) is 41.0 Å². The summed E-state index contributed by atoms with van der Waals surface area (Å²) in [5.74, 6) is 0.819. The molecule has 150 valence electrons. The van der Waals surface area contributed by atoms with Crippen molar-refractivity contribution in [1.29, 1.82) is 0 Å². The number of aromatic nitrogens is 1. The zero-order valence-electron chi connectivity index (χ0n) is 16.9. The normalized spacial score (nSPS) is 19.3. The Morgan fingerprint density at radius 1 is 1.10 bits per heavy atom. The standard InChI is InChI=1S/C24H27N3O2/c1-17(2)27(24(28)19-11-7-4-8-12-19)22-15-25-14-13-20(22)23-26-21(16-29-23)18-9-5-3-6-10-18/h3-12,16-17,20,22,25H,13-15H2,1-2H3. The van der Waals surface area contributed by atoms with Crippen molar-refractivity contribution in [2.24, 2.45) is 0 Å². The molecule has 2 atom stereocenters. The molecular formula is C24H27N3O2. The smallest absolute Gasteiger partial charge is 0.254 e. The summed E-state index contributed by atoms with van der Waals surface area (Å²) in [5.41, 5.74) is 2.58. The molecule has 2 aromatic carbocycles. The molecule has 29 heavy (non-hydrogen) atoms. The van der Waals surface area contributed by atoms with Gasteiger partial charge in [0.1, 0.15) is 12.0 Å². The molecule has 1 saturated heterocycles. The maximum absolute atomic E-state index is 13.3. The van der Waals surface area contributed by atoms with E-state index in [0.29, 0.717) is 11.5 Å². The first-order valence-electron chi connectivity index (χ1n) is 10.2. The fraction of sp³-hybridized carbons (Fsp3) is 0.333. The molecule has 3 aromatic rings. The summed E-state index contributed by atoms with van der Waals surface area (Å²) in [6.07, 6.45) is 2.60. The lowest BCUT2D eigenvalue weighted by Gasteiger charge is -2.41. The molecule has 2 heterocycles. The van der Waals surface area contributed by atoms with Gasteiger partial charge in [-0.1, -0.05) is 48.5 Å². The van der Waals surface area contributed by atoms with Gasteiger partial charge in [0.2, 0.25) is 0 Å². The maximum Gasteiger partial charge on any atom is 0.254 e. The van der Waals surface area contributed by atoms with Gasteiger partial charge in [0.05, 0.1) is 12.0 Å². The second-order valence-electron chi connectivity index (χ2n) is 7.78. The van der Waals surface area contributed by atoms with Crippen molar-refractivity contribution in [2.45, 2.75) is 38.3 Å². The molecule has 2 unspecified atom stereocenters. The summed E-state index contributed by atoms with van der Waals surface area (Å²) in [5, 5.41) is 3.45. The largest absolute Gasteiger partial charge is 0.448 e. The molecule has 1 aliphatic rings. The highest BCUT2D eigenvalue weighted by atomic mass is 16.3. The van der Waals surface area contributed by atoms with Gasteiger partial charge in [-0.05, 0) is 38.9 Å². The second-order valence-corrected chi connectivity index (χ2v) is 7.78. The van der Waals surface area contributed by atoms with Crippen LogP contribution in [0.3, 0.4) is 0 Å². The fourth-order valence-electron chi connectivity index (χ4n) is 4.12. The number of piperidine rings is 1. The van der Waals surface area contributed by atoms with Crippen LogP contribution in [0.25, 0.3) is 11.3 Å². The van der Waals surface area contributed by atoms with Crippen molar-refractivity contribution >= 4 is 5.91 Å². The number of rotatable bonds is 5. The molecular weight excluding hydrogens is 362 g/mol. The van der Waals surface area contributed by atoms with Gasteiger partial charge in [-0.15, -0.1) is 0 Å². The van der Waals surface area contributed by atoms with Crippen LogP contribution in [0.5, 0.6) is 0 Å². The van der Waals surface area contributed by atoms with Gasteiger partial charge in [0.25, 0.3) is 5.91 Å². The van der Waals surface area contributed by atoms with Crippen molar-refractivity contribution in [1.82, 2.24) is 15.2 Å². The van der Waals surface area contributed by atoms with Crippen LogP contribution in [0, 0.1) is 0 Å². The van der Waals surface area contributed by atoms with Crippen LogP contribution in [0.2, 0.25) is 0 Å². The average molecular weight is 389 g/mol. The van der Waals surface area contributed by atoms with E-state index in [1.165, 1.54) is 0 Å². The Morgan fingerprint density at radius 2 is 1.79 bits per heavy atom. The zero-order valence-corrected chi connectivity index (χ0v) is 16.9. The number of hydrogen-bond donors (Lipinski definition) is 1. The highest BCUT2D eigenvalue weighted by Crippen LogP contribution is 2.32. The molecule has 5 nitrogen and oxygen atoms in total. The molecule has 1 aliphatic heterocycles. The summed E-state index contributed by atoms with van der Waals surface area (Å²) in [7, 11) is 0. The Bertz CT molecular complexity index is 937. The number of carbonyl (C=O) groups excluding carboxylic acids is 1. The number of nitrogens with one attached hydrogen (secondary N) is 1. The average Bonchev–Trinajstić information content (AvgIpc) is 3.25. The Labute approximate surface area is 171 Å². The second kappa shape index (κ2) is 8.62. The molecule has 0 saturated carbocycles. The van der Waals surface area contributed by atoms with E-state index >= 15 is 0 Å². The van der Waals surface area contributed by atoms with Crippen molar-refractivity contribution in [3.63, 3.8) is 0 Å². The zero-order chi connectivity index (χ0) is 20.2. The summed E-state index contributed by atoms with van der Waals surface area (Å²) in [4.78, 5) is 20.1. The predicted molar refractivity (Wildman–Crippen MR) is 114 cm³/mol. The maximum atomic E-state index is 13.3. The van der Waals surface area contributed by atoms with Crippen molar-refractivity contribution < 1.29 is 9.21 Å². The van der Waals surface area contributed by atoms with Crippen LogP contribution in [0.1, 0.15) is 42.4 Å². The number of hydrogen-bond acceptors (Lipinski definition) is 4. The molecule has 4 rings (SSSR count). The number of carbonyl (C=O) groups is 1. The van der Waals surface area contributed by atoms with Crippen LogP contribution >= 0.6 is 0 Å². The van der Waals surface area contributed by atoms with Crippen molar-refractivity contribution in [3.05, 3.63) is 78.4 Å². The quantitative estimate of drug-likeness (QED) is 0.705.